The van der Waals surface area contributed by atoms with Crippen LogP contribution in [0.25, 0.3) is 45.1 Å². The average molecular weight is 617 g/mol. The lowest BCUT2D eigenvalue weighted by Gasteiger charge is -2.21. The molecule has 0 saturated heterocycles. The third-order valence-electron chi connectivity index (χ3n) is 7.73. The Morgan fingerprint density at radius 2 is 1.80 bits per heavy atom. The van der Waals surface area contributed by atoms with E-state index >= 15 is 0 Å². The van der Waals surface area contributed by atoms with E-state index in [1.165, 1.54) is 63.6 Å². The molecule has 2 heterocycles. The van der Waals surface area contributed by atoms with Gasteiger partial charge in [-0.05, 0) is 59.7 Å². The molecule has 0 aliphatic heterocycles. The number of fused-ring (bicyclic) bond motifs is 2. The van der Waals surface area contributed by atoms with Crippen molar-refractivity contribution in [1.82, 2.24) is 15.1 Å². The lowest BCUT2D eigenvalue weighted by molar-refractivity contribution is 0.0964. The summed E-state index contributed by atoms with van der Waals surface area (Å²) in [6, 6.07) is 14.7. The molecule has 1 aliphatic rings. The van der Waals surface area contributed by atoms with Gasteiger partial charge in [-0.1, -0.05) is 12.1 Å². The van der Waals surface area contributed by atoms with Crippen LogP contribution in [0.2, 0.25) is 0 Å². The highest BCUT2D eigenvalue weighted by molar-refractivity contribution is 7.92. The molecule has 12 heteroatoms. The number of amides is 1. The zero-order valence-corrected chi connectivity index (χ0v) is 24.9. The number of nitrogens with one attached hydrogen (secondary N) is 1. The molecular formula is C32H26F2N4O5S. The molecule has 224 valence electrons. The Balaban J connectivity index is 1.64. The van der Waals surface area contributed by atoms with E-state index in [4.69, 9.17) is 4.42 Å². The zero-order valence-electron chi connectivity index (χ0n) is 24.1. The SMILES string of the molecule is CNC(=O)c1c(-c2ccc(F)cc2)oc2cc(N(C)S(C)(=O)=O)c(-c3cc(C4=Cc5c(F)cccc5C4)nn(C)c3=O)cc12. The molecule has 1 N–H and O–H groups in total. The van der Waals surface area contributed by atoms with Gasteiger partial charge in [-0.3, -0.25) is 13.9 Å². The minimum atomic E-state index is -3.83. The molecule has 0 unspecified atom stereocenters. The van der Waals surface area contributed by atoms with Crippen molar-refractivity contribution in [2.24, 2.45) is 7.05 Å². The fraction of sp³-hybridized carbons (Fsp3) is 0.156. The first-order chi connectivity index (χ1) is 20.9. The molecule has 6 rings (SSSR count). The summed E-state index contributed by atoms with van der Waals surface area (Å²) in [6.45, 7) is 0. The number of anilines is 1. The molecule has 9 nitrogen and oxygen atoms in total. The van der Waals surface area contributed by atoms with Gasteiger partial charge in [0.15, 0.2) is 0 Å². The van der Waals surface area contributed by atoms with Gasteiger partial charge in [0.05, 0.1) is 28.8 Å². The van der Waals surface area contributed by atoms with Crippen LogP contribution in [-0.2, 0) is 23.5 Å². The molecule has 1 aliphatic carbocycles. The second-order valence-corrected chi connectivity index (χ2v) is 12.5. The molecule has 0 atom stereocenters. The Morgan fingerprint density at radius 1 is 1.07 bits per heavy atom. The van der Waals surface area contributed by atoms with Gasteiger partial charge in [0, 0.05) is 55.7 Å². The van der Waals surface area contributed by atoms with Gasteiger partial charge in [0.25, 0.3) is 11.5 Å². The summed E-state index contributed by atoms with van der Waals surface area (Å²) in [7, 11) is 0.427. The Labute approximate surface area is 251 Å². The minimum absolute atomic E-state index is 0.106. The number of benzene rings is 3. The number of carbonyl (C=O) groups is 1. The summed E-state index contributed by atoms with van der Waals surface area (Å²) in [5.41, 5.74) is 2.91. The van der Waals surface area contributed by atoms with Crippen molar-refractivity contribution >= 4 is 44.2 Å². The van der Waals surface area contributed by atoms with Crippen LogP contribution >= 0.6 is 0 Å². The van der Waals surface area contributed by atoms with E-state index in [2.05, 4.69) is 10.4 Å². The lowest BCUT2D eigenvalue weighted by atomic mass is 9.98. The van der Waals surface area contributed by atoms with E-state index < -0.39 is 27.3 Å². The van der Waals surface area contributed by atoms with Gasteiger partial charge >= 0.3 is 0 Å². The van der Waals surface area contributed by atoms with Crippen molar-refractivity contribution in [3.8, 4) is 22.5 Å². The number of aromatic nitrogens is 2. The lowest BCUT2D eigenvalue weighted by Crippen LogP contribution is -2.27. The molecular weight excluding hydrogens is 590 g/mol. The van der Waals surface area contributed by atoms with Gasteiger partial charge < -0.3 is 9.73 Å². The maximum atomic E-state index is 14.5. The first kappa shape index (κ1) is 29.0. The minimum Gasteiger partial charge on any atom is -0.455 e. The predicted molar refractivity (Wildman–Crippen MR) is 165 cm³/mol. The van der Waals surface area contributed by atoms with Gasteiger partial charge in [-0.15, -0.1) is 0 Å². The van der Waals surface area contributed by atoms with E-state index in [1.54, 1.807) is 18.2 Å². The molecule has 0 fully saturated rings. The summed E-state index contributed by atoms with van der Waals surface area (Å²) in [4.78, 5) is 26.8. The molecule has 1 amide bonds. The summed E-state index contributed by atoms with van der Waals surface area (Å²) >= 11 is 0. The number of furan rings is 1. The Kier molecular flexibility index (Phi) is 6.96. The number of hydrogen-bond donors (Lipinski definition) is 1. The van der Waals surface area contributed by atoms with Crippen molar-refractivity contribution in [2.75, 3.05) is 24.7 Å². The topological polar surface area (TPSA) is 115 Å². The van der Waals surface area contributed by atoms with Crippen LogP contribution in [-0.4, -0.2) is 44.5 Å². The molecule has 5 aromatic rings. The number of aryl methyl sites for hydroxylation is 1. The van der Waals surface area contributed by atoms with Crippen LogP contribution in [0.1, 0.15) is 27.2 Å². The second kappa shape index (κ2) is 10.6. The highest BCUT2D eigenvalue weighted by Gasteiger charge is 2.28. The van der Waals surface area contributed by atoms with E-state index in [9.17, 15) is 26.8 Å². The van der Waals surface area contributed by atoms with Crippen LogP contribution in [0.4, 0.5) is 14.5 Å². The van der Waals surface area contributed by atoms with Crippen LogP contribution in [0, 0.1) is 11.6 Å². The number of allylic oxidation sites excluding steroid dienone is 1. The zero-order chi connectivity index (χ0) is 31.5. The monoisotopic (exact) mass is 616 g/mol. The predicted octanol–water partition coefficient (Wildman–Crippen LogP) is 4.99. The van der Waals surface area contributed by atoms with E-state index in [0.717, 1.165) is 20.8 Å². The molecule has 0 spiro atoms. The van der Waals surface area contributed by atoms with Gasteiger partial charge in [-0.2, -0.15) is 5.10 Å². The van der Waals surface area contributed by atoms with Crippen LogP contribution in [0.5, 0.6) is 0 Å². The standard InChI is InChI=1S/C32H26F2N4O5S/c1-35-31(39)29-24-14-22(23-15-26(36-37(2)32(23)40)19-12-18-6-5-7-25(34)21(18)13-19)27(38(3)44(4,41)42)16-28(24)43-30(29)17-8-10-20(33)11-9-17/h5-11,13-16H,12H2,1-4H3,(H,35,39). The number of nitrogens with zero attached hydrogens (tertiary/aromatic N) is 3. The third kappa shape index (κ3) is 4.86. The number of sulfonamides is 1. The van der Waals surface area contributed by atoms with Crippen molar-refractivity contribution in [1.29, 1.82) is 0 Å². The molecule has 44 heavy (non-hydrogen) atoms. The van der Waals surface area contributed by atoms with Crippen molar-refractivity contribution in [3.63, 3.8) is 0 Å². The highest BCUT2D eigenvalue weighted by atomic mass is 32.2. The fourth-order valence-corrected chi connectivity index (χ4v) is 5.90. The summed E-state index contributed by atoms with van der Waals surface area (Å²) in [5.74, 6) is -1.21. The maximum absolute atomic E-state index is 14.5. The van der Waals surface area contributed by atoms with Crippen molar-refractivity contribution in [2.45, 2.75) is 6.42 Å². The fourth-order valence-electron chi connectivity index (χ4n) is 5.39. The Hall–Kier alpha value is -5.10. The van der Waals surface area contributed by atoms with Gasteiger partial charge in [0.1, 0.15) is 23.0 Å². The van der Waals surface area contributed by atoms with Crippen LogP contribution < -0.4 is 15.2 Å². The molecule has 0 radical (unpaired) electrons. The van der Waals surface area contributed by atoms with Crippen molar-refractivity contribution in [3.05, 3.63) is 105 Å². The average Bonchev–Trinajstić information content (AvgIpc) is 3.59. The Morgan fingerprint density at radius 3 is 2.45 bits per heavy atom. The van der Waals surface area contributed by atoms with Crippen LogP contribution in [0.15, 0.2) is 69.9 Å². The maximum Gasteiger partial charge on any atom is 0.274 e. The summed E-state index contributed by atoms with van der Waals surface area (Å²) < 4.78 is 62.0. The Bertz CT molecular complexity index is 2200. The number of carbonyl (C=O) groups excluding carboxylic acids is 1. The van der Waals surface area contributed by atoms with E-state index in [1.807, 2.05) is 6.07 Å². The molecule has 0 saturated carbocycles. The number of rotatable bonds is 6. The second-order valence-electron chi connectivity index (χ2n) is 10.5. The first-order valence-electron chi connectivity index (χ1n) is 13.5. The highest BCUT2D eigenvalue weighted by Crippen LogP contribution is 2.41. The van der Waals surface area contributed by atoms with Crippen LogP contribution in [0.3, 0.4) is 0 Å². The molecule has 3 aromatic carbocycles. The smallest absolute Gasteiger partial charge is 0.274 e. The third-order valence-corrected chi connectivity index (χ3v) is 8.92. The molecule has 0 bridgehead atoms. The quantitative estimate of drug-likeness (QED) is 0.288. The normalized spacial score (nSPS) is 12.7. The van der Waals surface area contributed by atoms with E-state index in [-0.39, 0.29) is 39.5 Å². The summed E-state index contributed by atoms with van der Waals surface area (Å²) in [6.07, 6.45) is 3.09. The largest absolute Gasteiger partial charge is 0.455 e. The number of halogens is 2. The van der Waals surface area contributed by atoms with Crippen molar-refractivity contribution < 1.29 is 26.4 Å². The number of hydrogen-bond acceptors (Lipinski definition) is 6. The molecule has 2 aromatic heterocycles. The summed E-state index contributed by atoms with van der Waals surface area (Å²) in [5, 5.41) is 7.31. The van der Waals surface area contributed by atoms with Gasteiger partial charge in [0.2, 0.25) is 10.0 Å². The first-order valence-corrected chi connectivity index (χ1v) is 15.3. The van der Waals surface area contributed by atoms with E-state index in [0.29, 0.717) is 34.2 Å². The van der Waals surface area contributed by atoms with Gasteiger partial charge in [-0.25, -0.2) is 21.9 Å².